The zero-order valence-electron chi connectivity index (χ0n) is 14.1. The Kier molecular flexibility index (Phi) is 5.78. The predicted molar refractivity (Wildman–Crippen MR) is 105 cm³/mol. The van der Waals surface area contributed by atoms with Gasteiger partial charge in [0.1, 0.15) is 0 Å². The van der Waals surface area contributed by atoms with Gasteiger partial charge in [-0.1, -0.05) is 60.7 Å². The SMILES string of the molecule is O=C(NNC(=O)c1ccccc1C(=O)c1ccccc1)c1ccccc1Br. The van der Waals surface area contributed by atoms with Crippen LogP contribution >= 0.6 is 15.9 Å². The zero-order chi connectivity index (χ0) is 19.2. The van der Waals surface area contributed by atoms with E-state index in [1.54, 1.807) is 66.7 Å². The van der Waals surface area contributed by atoms with Crippen molar-refractivity contribution in [3.63, 3.8) is 0 Å². The van der Waals surface area contributed by atoms with Crippen LogP contribution in [0.3, 0.4) is 0 Å². The van der Waals surface area contributed by atoms with E-state index in [0.29, 0.717) is 15.6 Å². The molecule has 2 amide bonds. The third kappa shape index (κ3) is 4.30. The molecule has 0 aliphatic carbocycles. The molecule has 0 aliphatic rings. The molecule has 0 aromatic heterocycles. The second-order valence-corrected chi connectivity index (χ2v) is 6.48. The first kappa shape index (κ1) is 18.5. The van der Waals surface area contributed by atoms with Crippen LogP contribution in [0, 0.1) is 0 Å². The maximum atomic E-state index is 12.7. The van der Waals surface area contributed by atoms with E-state index in [0.717, 1.165) is 0 Å². The molecule has 134 valence electrons. The van der Waals surface area contributed by atoms with E-state index in [9.17, 15) is 14.4 Å². The Morgan fingerprint density at radius 1 is 0.593 bits per heavy atom. The molecule has 0 saturated carbocycles. The highest BCUT2D eigenvalue weighted by Crippen LogP contribution is 2.16. The lowest BCUT2D eigenvalue weighted by Gasteiger charge is -2.11. The van der Waals surface area contributed by atoms with Gasteiger partial charge in [-0.2, -0.15) is 0 Å². The minimum absolute atomic E-state index is 0.179. The molecule has 0 unspecified atom stereocenters. The number of carbonyl (C=O) groups is 3. The van der Waals surface area contributed by atoms with Gasteiger partial charge in [-0.25, -0.2) is 0 Å². The van der Waals surface area contributed by atoms with Crippen LogP contribution in [0.4, 0.5) is 0 Å². The Morgan fingerprint density at radius 2 is 1.07 bits per heavy atom. The van der Waals surface area contributed by atoms with Gasteiger partial charge in [0.2, 0.25) is 0 Å². The first-order chi connectivity index (χ1) is 13.1. The largest absolute Gasteiger partial charge is 0.289 e. The molecule has 0 radical (unpaired) electrons. The number of nitrogens with one attached hydrogen (secondary N) is 2. The van der Waals surface area contributed by atoms with E-state index in [2.05, 4.69) is 26.8 Å². The van der Waals surface area contributed by atoms with Crippen LogP contribution in [0.1, 0.15) is 36.6 Å². The van der Waals surface area contributed by atoms with Gasteiger partial charge < -0.3 is 0 Å². The number of hydrazine groups is 1. The van der Waals surface area contributed by atoms with Gasteiger partial charge in [-0.05, 0) is 34.1 Å². The molecule has 2 N–H and O–H groups in total. The molecule has 0 fully saturated rings. The molecule has 5 nitrogen and oxygen atoms in total. The Morgan fingerprint density at radius 3 is 1.70 bits per heavy atom. The fourth-order valence-electron chi connectivity index (χ4n) is 2.52. The van der Waals surface area contributed by atoms with E-state index in [4.69, 9.17) is 0 Å². The maximum Gasteiger partial charge on any atom is 0.270 e. The third-order valence-electron chi connectivity index (χ3n) is 3.86. The molecule has 3 aromatic carbocycles. The first-order valence-electron chi connectivity index (χ1n) is 8.12. The fraction of sp³-hybridized carbons (Fsp3) is 0. The summed E-state index contributed by atoms with van der Waals surface area (Å²) in [6, 6.07) is 22.0. The average molecular weight is 423 g/mol. The van der Waals surface area contributed by atoms with Crippen LogP contribution in [-0.4, -0.2) is 17.6 Å². The highest BCUT2D eigenvalue weighted by molar-refractivity contribution is 9.10. The smallest absolute Gasteiger partial charge is 0.270 e. The van der Waals surface area contributed by atoms with Crippen molar-refractivity contribution in [1.82, 2.24) is 10.9 Å². The quantitative estimate of drug-likeness (QED) is 0.496. The van der Waals surface area contributed by atoms with E-state index in [1.807, 2.05) is 6.07 Å². The molecule has 6 heteroatoms. The lowest BCUT2D eigenvalue weighted by atomic mass is 9.98. The van der Waals surface area contributed by atoms with Gasteiger partial charge in [0.05, 0.1) is 11.1 Å². The summed E-state index contributed by atoms with van der Waals surface area (Å²) < 4.78 is 0.608. The van der Waals surface area contributed by atoms with E-state index >= 15 is 0 Å². The van der Waals surface area contributed by atoms with Crippen LogP contribution in [0.15, 0.2) is 83.3 Å². The Bertz CT molecular complexity index is 1000. The maximum absolute atomic E-state index is 12.7. The molecule has 0 atom stereocenters. The fourth-order valence-corrected chi connectivity index (χ4v) is 2.98. The number of carbonyl (C=O) groups excluding carboxylic acids is 3. The summed E-state index contributed by atoms with van der Waals surface area (Å²) in [5, 5.41) is 0. The van der Waals surface area contributed by atoms with Crippen LogP contribution in [0.25, 0.3) is 0 Å². The van der Waals surface area contributed by atoms with Gasteiger partial charge in [0.25, 0.3) is 11.8 Å². The second kappa shape index (κ2) is 8.42. The lowest BCUT2D eigenvalue weighted by molar-refractivity contribution is 0.0844. The first-order valence-corrected chi connectivity index (χ1v) is 8.91. The van der Waals surface area contributed by atoms with Gasteiger partial charge >= 0.3 is 0 Å². The predicted octanol–water partition coefficient (Wildman–Crippen LogP) is 3.75. The van der Waals surface area contributed by atoms with Crippen molar-refractivity contribution in [1.29, 1.82) is 0 Å². The second-order valence-electron chi connectivity index (χ2n) is 5.63. The molecule has 0 aliphatic heterocycles. The van der Waals surface area contributed by atoms with Crippen LogP contribution < -0.4 is 10.9 Å². The molecule has 0 bridgehead atoms. The van der Waals surface area contributed by atoms with Crippen molar-refractivity contribution in [3.8, 4) is 0 Å². The Hall–Kier alpha value is -3.25. The van der Waals surface area contributed by atoms with Gasteiger partial charge in [0.15, 0.2) is 5.78 Å². The molecular weight excluding hydrogens is 408 g/mol. The summed E-state index contributed by atoms with van der Waals surface area (Å²) >= 11 is 3.29. The lowest BCUT2D eigenvalue weighted by Crippen LogP contribution is -2.42. The zero-order valence-corrected chi connectivity index (χ0v) is 15.7. The molecule has 3 rings (SSSR count). The molecule has 0 saturated heterocycles. The van der Waals surface area contributed by atoms with E-state index < -0.39 is 11.8 Å². The Balaban J connectivity index is 1.77. The highest BCUT2D eigenvalue weighted by atomic mass is 79.9. The minimum atomic E-state index is -0.574. The standard InChI is InChI=1S/C21H15BrN2O3/c22-18-13-7-6-12-17(18)21(27)24-23-20(26)16-11-5-4-10-15(16)19(25)14-8-2-1-3-9-14/h1-13H,(H,23,26)(H,24,27). The van der Waals surface area contributed by atoms with Crippen molar-refractivity contribution >= 4 is 33.5 Å². The Labute approximate surface area is 164 Å². The summed E-state index contributed by atoms with van der Waals surface area (Å²) in [5.41, 5.74) is 6.03. The number of benzene rings is 3. The molecule has 27 heavy (non-hydrogen) atoms. The number of ketones is 1. The summed E-state index contributed by atoms with van der Waals surface area (Å²) in [6.07, 6.45) is 0. The normalized spacial score (nSPS) is 10.1. The summed E-state index contributed by atoms with van der Waals surface area (Å²) in [4.78, 5) is 37.5. The van der Waals surface area contributed by atoms with Gasteiger partial charge in [-0.15, -0.1) is 0 Å². The summed E-state index contributed by atoms with van der Waals surface area (Å²) in [6.45, 7) is 0. The number of amides is 2. The summed E-state index contributed by atoms with van der Waals surface area (Å²) in [5.74, 6) is -1.31. The van der Waals surface area contributed by atoms with Crippen LogP contribution in [-0.2, 0) is 0 Å². The van der Waals surface area contributed by atoms with Gasteiger partial charge in [-0.3, -0.25) is 25.2 Å². The topological polar surface area (TPSA) is 75.3 Å². The summed E-state index contributed by atoms with van der Waals surface area (Å²) in [7, 11) is 0. The average Bonchev–Trinajstić information content (AvgIpc) is 2.72. The van der Waals surface area contributed by atoms with E-state index in [1.165, 1.54) is 6.07 Å². The van der Waals surface area contributed by atoms with Crippen molar-refractivity contribution in [3.05, 3.63) is 106 Å². The van der Waals surface area contributed by atoms with Gasteiger partial charge in [0, 0.05) is 15.6 Å². The highest BCUT2D eigenvalue weighted by Gasteiger charge is 2.18. The monoisotopic (exact) mass is 422 g/mol. The third-order valence-corrected chi connectivity index (χ3v) is 4.55. The van der Waals surface area contributed by atoms with Crippen LogP contribution in [0.5, 0.6) is 0 Å². The van der Waals surface area contributed by atoms with Crippen molar-refractivity contribution in [2.75, 3.05) is 0 Å². The van der Waals surface area contributed by atoms with Crippen molar-refractivity contribution in [2.24, 2.45) is 0 Å². The number of halogens is 1. The number of hydrogen-bond donors (Lipinski definition) is 2. The number of rotatable bonds is 4. The molecular formula is C21H15BrN2O3. The van der Waals surface area contributed by atoms with Crippen molar-refractivity contribution in [2.45, 2.75) is 0 Å². The number of hydrogen-bond acceptors (Lipinski definition) is 3. The molecule has 3 aromatic rings. The minimum Gasteiger partial charge on any atom is -0.289 e. The van der Waals surface area contributed by atoms with Crippen molar-refractivity contribution < 1.29 is 14.4 Å². The van der Waals surface area contributed by atoms with Crippen LogP contribution in [0.2, 0.25) is 0 Å². The molecule has 0 heterocycles. The van der Waals surface area contributed by atoms with E-state index in [-0.39, 0.29) is 16.9 Å². The molecule has 0 spiro atoms.